The number of aromatic carboxylic acids is 1. The van der Waals surface area contributed by atoms with E-state index in [1.54, 1.807) is 18.4 Å². The standard InChI is InChI=1S/C11H11N3O4S/c1-6-12-9(18-14-6)3-2-8(15)13-7-4-5-19-10(7)11(16)17/h4-5H,2-3H2,1H3,(H,13,15)(H,16,17). The molecule has 100 valence electrons. The Morgan fingerprint density at radius 1 is 1.53 bits per heavy atom. The summed E-state index contributed by atoms with van der Waals surface area (Å²) in [6.45, 7) is 1.69. The number of carboxylic acid groups (broad SMARTS) is 1. The van der Waals surface area contributed by atoms with Gasteiger partial charge in [0.05, 0.1) is 5.69 Å². The highest BCUT2D eigenvalue weighted by Gasteiger charge is 2.14. The van der Waals surface area contributed by atoms with Crippen molar-refractivity contribution in [2.24, 2.45) is 0 Å². The van der Waals surface area contributed by atoms with Crippen molar-refractivity contribution < 1.29 is 19.2 Å². The van der Waals surface area contributed by atoms with Crippen LogP contribution in [0.5, 0.6) is 0 Å². The number of carboxylic acids is 1. The normalized spacial score (nSPS) is 10.4. The van der Waals surface area contributed by atoms with E-state index in [2.05, 4.69) is 15.5 Å². The fraction of sp³-hybridized carbons (Fsp3) is 0.273. The average molecular weight is 281 g/mol. The fourth-order valence-electron chi connectivity index (χ4n) is 1.45. The van der Waals surface area contributed by atoms with Crippen LogP contribution in [0.2, 0.25) is 0 Å². The lowest BCUT2D eigenvalue weighted by Crippen LogP contribution is -2.13. The maximum absolute atomic E-state index is 11.7. The quantitative estimate of drug-likeness (QED) is 0.864. The summed E-state index contributed by atoms with van der Waals surface area (Å²) in [5.41, 5.74) is 0.309. The van der Waals surface area contributed by atoms with Crippen molar-refractivity contribution in [1.29, 1.82) is 0 Å². The molecule has 7 nitrogen and oxygen atoms in total. The van der Waals surface area contributed by atoms with Gasteiger partial charge >= 0.3 is 5.97 Å². The number of amides is 1. The number of hydrogen-bond acceptors (Lipinski definition) is 6. The van der Waals surface area contributed by atoms with Gasteiger partial charge in [0.25, 0.3) is 0 Å². The first kappa shape index (κ1) is 13.2. The van der Waals surface area contributed by atoms with Gasteiger partial charge < -0.3 is 14.9 Å². The molecule has 2 heterocycles. The van der Waals surface area contributed by atoms with Crippen LogP contribution in [0.3, 0.4) is 0 Å². The predicted octanol–water partition coefficient (Wildman–Crippen LogP) is 1.71. The van der Waals surface area contributed by atoms with Gasteiger partial charge in [-0.1, -0.05) is 5.16 Å². The summed E-state index contributed by atoms with van der Waals surface area (Å²) >= 11 is 1.06. The van der Waals surface area contributed by atoms with E-state index in [0.29, 0.717) is 23.8 Å². The van der Waals surface area contributed by atoms with Gasteiger partial charge in [0.2, 0.25) is 11.8 Å². The number of hydrogen-bond donors (Lipinski definition) is 2. The second kappa shape index (κ2) is 5.61. The zero-order valence-corrected chi connectivity index (χ0v) is 10.9. The molecule has 8 heteroatoms. The Hall–Kier alpha value is -2.22. The van der Waals surface area contributed by atoms with Crippen LogP contribution in [-0.2, 0) is 11.2 Å². The van der Waals surface area contributed by atoms with Gasteiger partial charge in [-0.05, 0) is 18.4 Å². The molecular weight excluding hydrogens is 270 g/mol. The lowest BCUT2D eigenvalue weighted by Gasteiger charge is -2.02. The van der Waals surface area contributed by atoms with Crippen molar-refractivity contribution in [2.45, 2.75) is 19.8 Å². The smallest absolute Gasteiger partial charge is 0.348 e. The van der Waals surface area contributed by atoms with Crippen molar-refractivity contribution >= 4 is 28.9 Å². The topological polar surface area (TPSA) is 105 Å². The van der Waals surface area contributed by atoms with Crippen molar-refractivity contribution in [2.75, 3.05) is 5.32 Å². The highest BCUT2D eigenvalue weighted by Crippen LogP contribution is 2.22. The van der Waals surface area contributed by atoms with Crippen LogP contribution in [0.15, 0.2) is 16.0 Å². The van der Waals surface area contributed by atoms with E-state index in [1.807, 2.05) is 0 Å². The molecule has 0 radical (unpaired) electrons. The molecule has 0 atom stereocenters. The molecule has 1 amide bonds. The lowest BCUT2D eigenvalue weighted by molar-refractivity contribution is -0.116. The van der Waals surface area contributed by atoms with E-state index in [0.717, 1.165) is 11.3 Å². The van der Waals surface area contributed by atoms with E-state index in [4.69, 9.17) is 9.63 Å². The van der Waals surface area contributed by atoms with Crippen LogP contribution < -0.4 is 5.32 Å². The predicted molar refractivity (Wildman–Crippen MR) is 67.3 cm³/mol. The van der Waals surface area contributed by atoms with Crippen LogP contribution in [0.25, 0.3) is 0 Å². The maximum atomic E-state index is 11.7. The summed E-state index contributed by atoms with van der Waals surface area (Å²) in [5.74, 6) is -0.451. The molecule has 2 aromatic rings. The minimum Gasteiger partial charge on any atom is -0.477 e. The molecule has 0 fully saturated rings. The molecule has 0 aromatic carbocycles. The molecule has 0 aliphatic carbocycles. The molecule has 0 unspecified atom stereocenters. The number of aromatic nitrogens is 2. The summed E-state index contributed by atoms with van der Waals surface area (Å²) in [6.07, 6.45) is 0.468. The molecule has 0 spiro atoms. The van der Waals surface area contributed by atoms with Crippen molar-refractivity contribution in [3.63, 3.8) is 0 Å². The van der Waals surface area contributed by atoms with Gasteiger partial charge in [0.1, 0.15) is 4.88 Å². The number of carbonyl (C=O) groups excluding carboxylic acids is 1. The first-order valence-corrected chi connectivity index (χ1v) is 6.34. The molecule has 0 aliphatic rings. The van der Waals surface area contributed by atoms with Crippen molar-refractivity contribution in [1.82, 2.24) is 10.1 Å². The van der Waals surface area contributed by atoms with E-state index in [1.165, 1.54) is 0 Å². The number of thiophene rings is 1. The third-order valence-electron chi connectivity index (χ3n) is 2.27. The molecule has 2 N–H and O–H groups in total. The third-order valence-corrected chi connectivity index (χ3v) is 3.17. The van der Waals surface area contributed by atoms with Crippen LogP contribution in [0.4, 0.5) is 5.69 Å². The Morgan fingerprint density at radius 2 is 2.32 bits per heavy atom. The van der Waals surface area contributed by atoms with E-state index in [-0.39, 0.29) is 17.2 Å². The Labute approximate surface area is 112 Å². The number of anilines is 1. The Balaban J connectivity index is 1.90. The minimum atomic E-state index is -1.06. The highest BCUT2D eigenvalue weighted by molar-refractivity contribution is 7.12. The van der Waals surface area contributed by atoms with Gasteiger partial charge in [-0.2, -0.15) is 4.98 Å². The molecule has 2 aromatic heterocycles. The van der Waals surface area contributed by atoms with E-state index >= 15 is 0 Å². The summed E-state index contributed by atoms with van der Waals surface area (Å²) in [4.78, 5) is 26.6. The first-order valence-electron chi connectivity index (χ1n) is 5.46. The molecule has 19 heavy (non-hydrogen) atoms. The first-order chi connectivity index (χ1) is 9.06. The molecule has 0 aliphatic heterocycles. The number of rotatable bonds is 5. The zero-order valence-electron chi connectivity index (χ0n) is 10.0. The van der Waals surface area contributed by atoms with Gasteiger partial charge in [0, 0.05) is 12.8 Å². The average Bonchev–Trinajstić information content (AvgIpc) is 2.95. The molecule has 0 saturated carbocycles. The number of nitrogens with zero attached hydrogens (tertiary/aromatic N) is 2. The monoisotopic (exact) mass is 281 g/mol. The van der Waals surface area contributed by atoms with Crippen molar-refractivity contribution in [3.05, 3.63) is 28.0 Å². The van der Waals surface area contributed by atoms with Crippen molar-refractivity contribution in [3.8, 4) is 0 Å². The van der Waals surface area contributed by atoms with Gasteiger partial charge in [-0.25, -0.2) is 4.79 Å². The van der Waals surface area contributed by atoms with Crippen LogP contribution >= 0.6 is 11.3 Å². The summed E-state index contributed by atoms with van der Waals surface area (Å²) < 4.78 is 4.88. The van der Waals surface area contributed by atoms with Gasteiger partial charge in [-0.3, -0.25) is 4.79 Å². The fourth-order valence-corrected chi connectivity index (χ4v) is 2.14. The van der Waals surface area contributed by atoms with Gasteiger partial charge in [0.15, 0.2) is 5.82 Å². The van der Waals surface area contributed by atoms with Crippen LogP contribution in [0.1, 0.15) is 27.8 Å². The third kappa shape index (κ3) is 3.38. The lowest BCUT2D eigenvalue weighted by atomic mass is 10.3. The maximum Gasteiger partial charge on any atom is 0.348 e. The highest BCUT2D eigenvalue weighted by atomic mass is 32.1. The van der Waals surface area contributed by atoms with E-state index in [9.17, 15) is 9.59 Å². The van der Waals surface area contributed by atoms with Crippen LogP contribution in [-0.4, -0.2) is 27.1 Å². The van der Waals surface area contributed by atoms with Crippen LogP contribution in [0, 0.1) is 6.92 Å². The summed E-state index contributed by atoms with van der Waals surface area (Å²) in [5, 5.41) is 16.7. The Kier molecular flexibility index (Phi) is 3.91. The molecule has 0 saturated heterocycles. The Bertz CT molecular complexity index is 605. The molecular formula is C11H11N3O4S. The summed E-state index contributed by atoms with van der Waals surface area (Å²) in [6, 6.07) is 1.56. The number of aryl methyl sites for hydroxylation is 2. The minimum absolute atomic E-state index is 0.113. The Morgan fingerprint density at radius 3 is 2.95 bits per heavy atom. The second-order valence-corrected chi connectivity index (χ2v) is 4.67. The number of nitrogens with one attached hydrogen (secondary N) is 1. The largest absolute Gasteiger partial charge is 0.477 e. The number of carbonyl (C=O) groups is 2. The zero-order chi connectivity index (χ0) is 13.8. The van der Waals surface area contributed by atoms with E-state index < -0.39 is 5.97 Å². The second-order valence-electron chi connectivity index (χ2n) is 3.75. The molecule has 2 rings (SSSR count). The SMILES string of the molecule is Cc1noc(CCC(=O)Nc2ccsc2C(=O)O)n1. The van der Waals surface area contributed by atoms with Gasteiger partial charge in [-0.15, -0.1) is 11.3 Å². The summed E-state index contributed by atoms with van der Waals surface area (Å²) in [7, 11) is 0. The molecule has 0 bridgehead atoms.